The SMILES string of the molecule is CC1(O)CCN(C(=O)Nc2cc(C(=O)O)ccc2Cl)C1. The van der Waals surface area contributed by atoms with Crippen molar-refractivity contribution in [3.8, 4) is 0 Å². The number of hydrogen-bond donors (Lipinski definition) is 3. The molecule has 1 aromatic rings. The van der Waals surface area contributed by atoms with Crippen LogP contribution in [0.1, 0.15) is 23.7 Å². The van der Waals surface area contributed by atoms with Gasteiger partial charge in [-0.1, -0.05) is 11.6 Å². The fourth-order valence-electron chi connectivity index (χ4n) is 2.07. The van der Waals surface area contributed by atoms with Gasteiger partial charge in [0, 0.05) is 6.54 Å². The number of carboxylic acid groups (broad SMARTS) is 1. The number of amides is 2. The molecule has 6 nitrogen and oxygen atoms in total. The number of rotatable bonds is 2. The number of likely N-dealkylation sites (tertiary alicyclic amines) is 1. The number of anilines is 1. The lowest BCUT2D eigenvalue weighted by molar-refractivity contribution is 0.0696. The molecule has 2 amide bonds. The summed E-state index contributed by atoms with van der Waals surface area (Å²) in [4.78, 5) is 24.4. The molecule has 1 aliphatic heterocycles. The van der Waals surface area contributed by atoms with E-state index in [2.05, 4.69) is 5.32 Å². The summed E-state index contributed by atoms with van der Waals surface area (Å²) >= 11 is 5.93. The average molecular weight is 299 g/mol. The minimum absolute atomic E-state index is 0.0399. The van der Waals surface area contributed by atoms with E-state index >= 15 is 0 Å². The van der Waals surface area contributed by atoms with Crippen molar-refractivity contribution in [2.24, 2.45) is 0 Å². The summed E-state index contributed by atoms with van der Waals surface area (Å²) in [6, 6.07) is 3.67. The van der Waals surface area contributed by atoms with E-state index in [9.17, 15) is 14.7 Å². The molecule has 1 unspecified atom stereocenters. The molecular weight excluding hydrogens is 284 g/mol. The van der Waals surface area contributed by atoms with Crippen molar-refractivity contribution < 1.29 is 19.8 Å². The first-order valence-electron chi connectivity index (χ1n) is 6.10. The molecule has 1 fully saturated rings. The topological polar surface area (TPSA) is 89.9 Å². The summed E-state index contributed by atoms with van der Waals surface area (Å²) in [5.41, 5.74) is -0.606. The second kappa shape index (κ2) is 5.30. The Bertz CT molecular complexity index is 559. The zero-order valence-corrected chi connectivity index (χ0v) is 11.6. The normalized spacial score (nSPS) is 21.9. The van der Waals surface area contributed by atoms with Crippen molar-refractivity contribution >= 4 is 29.3 Å². The summed E-state index contributed by atoms with van der Waals surface area (Å²) in [7, 11) is 0. The maximum atomic E-state index is 12.0. The van der Waals surface area contributed by atoms with E-state index < -0.39 is 17.6 Å². The molecule has 1 saturated heterocycles. The standard InChI is InChI=1S/C13H15ClN2O4/c1-13(20)4-5-16(7-13)12(19)15-10-6-8(11(17)18)2-3-9(10)14/h2-3,6,20H,4-5,7H2,1H3,(H,15,19)(H,17,18). The predicted molar refractivity (Wildman–Crippen MR) is 74.2 cm³/mol. The van der Waals surface area contributed by atoms with Crippen LogP contribution in [0.3, 0.4) is 0 Å². The number of carbonyl (C=O) groups is 2. The third-order valence-corrected chi connectivity index (χ3v) is 3.52. The third kappa shape index (κ3) is 3.20. The van der Waals surface area contributed by atoms with Gasteiger partial charge >= 0.3 is 12.0 Å². The van der Waals surface area contributed by atoms with Crippen molar-refractivity contribution in [1.82, 2.24) is 4.90 Å². The van der Waals surface area contributed by atoms with E-state index in [1.54, 1.807) is 6.92 Å². The van der Waals surface area contributed by atoms with Gasteiger partial charge in [0.1, 0.15) is 0 Å². The van der Waals surface area contributed by atoms with Crippen molar-refractivity contribution in [1.29, 1.82) is 0 Å². The number of urea groups is 1. The minimum atomic E-state index is -1.10. The zero-order valence-electron chi connectivity index (χ0n) is 10.9. The van der Waals surface area contributed by atoms with Crippen LogP contribution < -0.4 is 5.32 Å². The highest BCUT2D eigenvalue weighted by atomic mass is 35.5. The first-order valence-corrected chi connectivity index (χ1v) is 6.47. The third-order valence-electron chi connectivity index (χ3n) is 3.19. The van der Waals surface area contributed by atoms with E-state index in [-0.39, 0.29) is 22.8 Å². The van der Waals surface area contributed by atoms with E-state index in [0.717, 1.165) is 0 Å². The quantitative estimate of drug-likeness (QED) is 0.779. The average Bonchev–Trinajstić information content (AvgIpc) is 2.72. The molecule has 20 heavy (non-hydrogen) atoms. The van der Waals surface area contributed by atoms with Gasteiger partial charge in [-0.05, 0) is 31.5 Å². The molecule has 0 radical (unpaired) electrons. The maximum absolute atomic E-state index is 12.0. The Kier molecular flexibility index (Phi) is 3.87. The Morgan fingerprint density at radius 3 is 2.70 bits per heavy atom. The van der Waals surface area contributed by atoms with Gasteiger partial charge in [-0.15, -0.1) is 0 Å². The van der Waals surface area contributed by atoms with Crippen LogP contribution in [0.15, 0.2) is 18.2 Å². The fourth-order valence-corrected chi connectivity index (χ4v) is 2.23. The second-order valence-electron chi connectivity index (χ2n) is 5.10. The molecule has 7 heteroatoms. The van der Waals surface area contributed by atoms with Crippen molar-refractivity contribution in [2.75, 3.05) is 18.4 Å². The summed E-state index contributed by atoms with van der Waals surface area (Å²) in [5.74, 6) is -1.10. The van der Waals surface area contributed by atoms with Crippen LogP contribution in [0.2, 0.25) is 5.02 Å². The lowest BCUT2D eigenvalue weighted by atomic mass is 10.1. The molecular formula is C13H15ClN2O4. The molecule has 0 bridgehead atoms. The molecule has 1 aromatic carbocycles. The highest BCUT2D eigenvalue weighted by Crippen LogP contribution is 2.25. The number of carbonyl (C=O) groups excluding carboxylic acids is 1. The predicted octanol–water partition coefficient (Wildman–Crippen LogP) is 2.03. The molecule has 1 atom stereocenters. The molecule has 1 aliphatic rings. The molecule has 3 N–H and O–H groups in total. The Balaban J connectivity index is 2.12. The lowest BCUT2D eigenvalue weighted by Gasteiger charge is -2.20. The van der Waals surface area contributed by atoms with E-state index in [0.29, 0.717) is 13.0 Å². The van der Waals surface area contributed by atoms with Gasteiger partial charge in [0.05, 0.1) is 28.4 Å². The smallest absolute Gasteiger partial charge is 0.335 e. The summed E-state index contributed by atoms with van der Waals surface area (Å²) in [5, 5.41) is 21.6. The Hall–Kier alpha value is -1.79. The Morgan fingerprint density at radius 2 is 2.15 bits per heavy atom. The van der Waals surface area contributed by atoms with Gasteiger partial charge in [-0.25, -0.2) is 9.59 Å². The number of β-amino-alcohol motifs (C(OH)–C–C–N with tert-alkyl or cyclic N) is 1. The summed E-state index contributed by atoms with van der Waals surface area (Å²) in [6.07, 6.45) is 0.503. The minimum Gasteiger partial charge on any atom is -0.478 e. The van der Waals surface area contributed by atoms with Gasteiger partial charge in [0.15, 0.2) is 0 Å². The number of aliphatic hydroxyl groups is 1. The van der Waals surface area contributed by atoms with E-state index in [4.69, 9.17) is 16.7 Å². The van der Waals surface area contributed by atoms with Crippen molar-refractivity contribution in [2.45, 2.75) is 18.9 Å². The number of nitrogens with one attached hydrogen (secondary N) is 1. The van der Waals surface area contributed by atoms with Crippen LogP contribution in [0, 0.1) is 0 Å². The maximum Gasteiger partial charge on any atom is 0.335 e. The fraction of sp³-hybridized carbons (Fsp3) is 0.385. The van der Waals surface area contributed by atoms with Gasteiger partial charge in [-0.3, -0.25) is 0 Å². The van der Waals surface area contributed by atoms with E-state index in [1.165, 1.54) is 23.1 Å². The lowest BCUT2D eigenvalue weighted by Crippen LogP contribution is -2.36. The first-order chi connectivity index (χ1) is 9.28. The largest absolute Gasteiger partial charge is 0.478 e. The molecule has 0 spiro atoms. The summed E-state index contributed by atoms with van der Waals surface area (Å²) in [6.45, 7) is 2.34. The molecule has 2 rings (SSSR count). The van der Waals surface area contributed by atoms with Crippen molar-refractivity contribution in [3.63, 3.8) is 0 Å². The monoisotopic (exact) mass is 298 g/mol. The number of hydrogen-bond acceptors (Lipinski definition) is 3. The van der Waals surface area contributed by atoms with Crippen LogP contribution in [-0.2, 0) is 0 Å². The van der Waals surface area contributed by atoms with Crippen molar-refractivity contribution in [3.05, 3.63) is 28.8 Å². The molecule has 1 heterocycles. The zero-order chi connectivity index (χ0) is 14.9. The highest BCUT2D eigenvalue weighted by molar-refractivity contribution is 6.33. The van der Waals surface area contributed by atoms with Crippen LogP contribution in [-0.4, -0.2) is 45.8 Å². The number of carboxylic acids is 1. The van der Waals surface area contributed by atoms with Gasteiger partial charge in [0.25, 0.3) is 0 Å². The van der Waals surface area contributed by atoms with Crippen LogP contribution in [0.25, 0.3) is 0 Å². The second-order valence-corrected chi connectivity index (χ2v) is 5.51. The van der Waals surface area contributed by atoms with Crippen LogP contribution in [0.4, 0.5) is 10.5 Å². The Morgan fingerprint density at radius 1 is 1.45 bits per heavy atom. The molecule has 0 saturated carbocycles. The number of aromatic carboxylic acids is 1. The summed E-state index contributed by atoms with van der Waals surface area (Å²) < 4.78 is 0. The molecule has 0 aromatic heterocycles. The van der Waals surface area contributed by atoms with Crippen LogP contribution >= 0.6 is 11.6 Å². The van der Waals surface area contributed by atoms with Crippen LogP contribution in [0.5, 0.6) is 0 Å². The molecule has 0 aliphatic carbocycles. The number of halogens is 1. The highest BCUT2D eigenvalue weighted by Gasteiger charge is 2.34. The number of benzene rings is 1. The van der Waals surface area contributed by atoms with Gasteiger partial charge in [-0.2, -0.15) is 0 Å². The Labute approximate surface area is 121 Å². The number of nitrogens with zero attached hydrogens (tertiary/aromatic N) is 1. The van der Waals surface area contributed by atoms with Gasteiger partial charge in [0.2, 0.25) is 0 Å². The van der Waals surface area contributed by atoms with Gasteiger partial charge < -0.3 is 20.4 Å². The first kappa shape index (κ1) is 14.6. The molecule has 108 valence electrons. The van der Waals surface area contributed by atoms with E-state index in [1.807, 2.05) is 0 Å².